The number of carbonyl (C=O) groups is 1. The molecule has 1 aliphatic heterocycles. The van der Waals surface area contributed by atoms with Crippen LogP contribution in [0.5, 0.6) is 0 Å². The van der Waals surface area contributed by atoms with Gasteiger partial charge >= 0.3 is 0 Å². The molecule has 5 heteroatoms. The average Bonchev–Trinajstić information content (AvgIpc) is 3.26. The Bertz CT molecular complexity index is 921. The first kappa shape index (κ1) is 17.2. The van der Waals surface area contributed by atoms with Gasteiger partial charge in [0.05, 0.1) is 15.7 Å². The average molecular weight is 368 g/mol. The van der Waals surface area contributed by atoms with E-state index in [2.05, 4.69) is 11.9 Å². The van der Waals surface area contributed by atoms with Crippen LogP contribution in [-0.4, -0.2) is 27.9 Å². The molecule has 1 amide bonds. The first-order chi connectivity index (χ1) is 12.6. The SMILES string of the molecule is C[C@@H]1CC[C@H](CCc2ccc(F)cc2)N1C(=O)c1ccc2ncsc2c1. The molecule has 0 bridgehead atoms. The molecule has 3 nitrogen and oxygen atoms in total. The number of amides is 1. The molecular formula is C21H21FN2OS. The van der Waals surface area contributed by atoms with Gasteiger partial charge in [-0.1, -0.05) is 12.1 Å². The Balaban J connectivity index is 1.50. The highest BCUT2D eigenvalue weighted by Gasteiger charge is 2.34. The molecule has 0 aliphatic carbocycles. The summed E-state index contributed by atoms with van der Waals surface area (Å²) in [5.41, 5.74) is 4.60. The van der Waals surface area contributed by atoms with Crippen LogP contribution in [0.4, 0.5) is 4.39 Å². The molecule has 1 aliphatic rings. The fraction of sp³-hybridized carbons (Fsp3) is 0.333. The standard InChI is InChI=1S/C21H21FN2OS/c1-14-2-9-18(10-5-15-3-7-17(22)8-4-15)24(14)21(25)16-6-11-19-20(12-16)26-13-23-19/h3-4,6-8,11-14,18H,2,5,9-10H2,1H3/t14-,18-/m1/s1. The van der Waals surface area contributed by atoms with Gasteiger partial charge in [0, 0.05) is 17.6 Å². The van der Waals surface area contributed by atoms with Gasteiger partial charge in [-0.3, -0.25) is 4.79 Å². The molecular weight excluding hydrogens is 347 g/mol. The summed E-state index contributed by atoms with van der Waals surface area (Å²) in [5.74, 6) is -0.104. The summed E-state index contributed by atoms with van der Waals surface area (Å²) in [5, 5.41) is 0. The first-order valence-electron chi connectivity index (χ1n) is 9.02. The molecule has 0 unspecified atom stereocenters. The molecule has 0 radical (unpaired) electrons. The number of likely N-dealkylation sites (tertiary alicyclic amines) is 1. The summed E-state index contributed by atoms with van der Waals surface area (Å²) in [6.07, 6.45) is 3.82. The van der Waals surface area contributed by atoms with E-state index in [4.69, 9.17) is 0 Å². The quantitative estimate of drug-likeness (QED) is 0.645. The van der Waals surface area contributed by atoms with Gasteiger partial charge in [0.15, 0.2) is 0 Å². The van der Waals surface area contributed by atoms with Crippen LogP contribution >= 0.6 is 11.3 Å². The second kappa shape index (κ2) is 7.16. The van der Waals surface area contributed by atoms with Crippen molar-refractivity contribution in [3.8, 4) is 0 Å². The van der Waals surface area contributed by atoms with Crippen molar-refractivity contribution in [2.45, 2.75) is 44.7 Å². The monoisotopic (exact) mass is 368 g/mol. The summed E-state index contributed by atoms with van der Waals surface area (Å²) in [7, 11) is 0. The van der Waals surface area contributed by atoms with Gasteiger partial charge in [-0.15, -0.1) is 11.3 Å². The molecule has 1 saturated heterocycles. The Kier molecular flexibility index (Phi) is 4.72. The Hall–Kier alpha value is -2.27. The highest BCUT2D eigenvalue weighted by atomic mass is 32.1. The van der Waals surface area contributed by atoms with Crippen molar-refractivity contribution in [3.05, 3.63) is 64.9 Å². The van der Waals surface area contributed by atoms with E-state index in [0.717, 1.165) is 47.0 Å². The minimum absolute atomic E-state index is 0.106. The van der Waals surface area contributed by atoms with Crippen LogP contribution < -0.4 is 0 Å². The highest BCUT2D eigenvalue weighted by Crippen LogP contribution is 2.30. The number of aryl methyl sites for hydroxylation is 1. The summed E-state index contributed by atoms with van der Waals surface area (Å²) >= 11 is 1.56. The lowest BCUT2D eigenvalue weighted by Crippen LogP contribution is -2.40. The number of halogens is 1. The van der Waals surface area contributed by atoms with E-state index in [1.165, 1.54) is 12.1 Å². The number of fused-ring (bicyclic) bond motifs is 1. The van der Waals surface area contributed by atoms with Crippen LogP contribution in [0.15, 0.2) is 48.0 Å². The number of rotatable bonds is 4. The second-order valence-electron chi connectivity index (χ2n) is 6.99. The summed E-state index contributed by atoms with van der Waals surface area (Å²) in [6.45, 7) is 2.13. The van der Waals surface area contributed by atoms with Gasteiger partial charge in [-0.05, 0) is 68.5 Å². The zero-order valence-corrected chi connectivity index (χ0v) is 15.5. The Morgan fingerprint density at radius 1 is 1.23 bits per heavy atom. The van der Waals surface area contributed by atoms with E-state index < -0.39 is 0 Å². The van der Waals surface area contributed by atoms with Crippen LogP contribution in [0.2, 0.25) is 0 Å². The lowest BCUT2D eigenvalue weighted by molar-refractivity contribution is 0.0673. The summed E-state index contributed by atoms with van der Waals surface area (Å²) in [4.78, 5) is 19.5. The number of carbonyl (C=O) groups excluding carboxylic acids is 1. The first-order valence-corrected chi connectivity index (χ1v) is 9.90. The summed E-state index contributed by atoms with van der Waals surface area (Å²) < 4.78 is 14.1. The lowest BCUT2D eigenvalue weighted by atomic mass is 10.0. The van der Waals surface area contributed by atoms with E-state index in [1.54, 1.807) is 11.3 Å². The van der Waals surface area contributed by atoms with E-state index >= 15 is 0 Å². The molecule has 3 aromatic rings. The normalized spacial score (nSPS) is 20.0. The van der Waals surface area contributed by atoms with Gasteiger partial charge < -0.3 is 4.90 Å². The zero-order chi connectivity index (χ0) is 18.1. The minimum Gasteiger partial charge on any atom is -0.333 e. The smallest absolute Gasteiger partial charge is 0.254 e. The van der Waals surface area contributed by atoms with Gasteiger partial charge in [0.25, 0.3) is 5.91 Å². The highest BCUT2D eigenvalue weighted by molar-refractivity contribution is 7.16. The third-order valence-corrected chi connectivity index (χ3v) is 6.07. The molecule has 0 N–H and O–H groups in total. The number of benzene rings is 2. The Morgan fingerprint density at radius 3 is 2.85 bits per heavy atom. The fourth-order valence-electron chi connectivity index (χ4n) is 3.84. The number of thiazole rings is 1. The molecule has 2 aromatic carbocycles. The Labute approximate surface area is 156 Å². The van der Waals surface area contributed by atoms with Crippen LogP contribution in [0, 0.1) is 5.82 Å². The number of nitrogens with zero attached hydrogens (tertiary/aromatic N) is 2. The van der Waals surface area contributed by atoms with Crippen molar-refractivity contribution in [2.75, 3.05) is 0 Å². The molecule has 26 heavy (non-hydrogen) atoms. The van der Waals surface area contributed by atoms with Gasteiger partial charge in [-0.2, -0.15) is 0 Å². The predicted octanol–water partition coefficient (Wildman–Crippen LogP) is 5.06. The topological polar surface area (TPSA) is 33.2 Å². The molecule has 1 fully saturated rings. The van der Waals surface area contributed by atoms with Crippen molar-refractivity contribution in [1.82, 2.24) is 9.88 Å². The molecule has 4 rings (SSSR count). The van der Waals surface area contributed by atoms with Crippen molar-refractivity contribution in [2.24, 2.45) is 0 Å². The van der Waals surface area contributed by atoms with E-state index in [9.17, 15) is 9.18 Å². The molecule has 0 spiro atoms. The van der Waals surface area contributed by atoms with Gasteiger partial charge in [0.1, 0.15) is 5.82 Å². The van der Waals surface area contributed by atoms with Crippen molar-refractivity contribution in [1.29, 1.82) is 0 Å². The third kappa shape index (κ3) is 3.36. The summed E-state index contributed by atoms with van der Waals surface area (Å²) in [6, 6.07) is 12.9. The zero-order valence-electron chi connectivity index (χ0n) is 14.7. The molecule has 1 aromatic heterocycles. The van der Waals surface area contributed by atoms with E-state index in [1.807, 2.05) is 40.7 Å². The van der Waals surface area contributed by atoms with Gasteiger partial charge in [-0.25, -0.2) is 9.37 Å². The predicted molar refractivity (Wildman–Crippen MR) is 103 cm³/mol. The number of hydrogen-bond donors (Lipinski definition) is 0. The largest absolute Gasteiger partial charge is 0.333 e. The van der Waals surface area contributed by atoms with Crippen molar-refractivity contribution in [3.63, 3.8) is 0 Å². The molecule has 0 saturated carbocycles. The van der Waals surface area contributed by atoms with Crippen LogP contribution in [-0.2, 0) is 6.42 Å². The molecule has 2 atom stereocenters. The van der Waals surface area contributed by atoms with Crippen molar-refractivity contribution >= 4 is 27.5 Å². The maximum absolute atomic E-state index is 13.1. The third-order valence-electron chi connectivity index (χ3n) is 5.28. The maximum Gasteiger partial charge on any atom is 0.254 e. The number of aromatic nitrogens is 1. The van der Waals surface area contributed by atoms with Crippen LogP contribution in [0.25, 0.3) is 10.2 Å². The van der Waals surface area contributed by atoms with Gasteiger partial charge in [0.2, 0.25) is 0 Å². The minimum atomic E-state index is -0.210. The molecule has 2 heterocycles. The number of hydrogen-bond acceptors (Lipinski definition) is 3. The van der Waals surface area contributed by atoms with E-state index in [-0.39, 0.29) is 23.8 Å². The Morgan fingerprint density at radius 2 is 2.04 bits per heavy atom. The maximum atomic E-state index is 13.1. The lowest BCUT2D eigenvalue weighted by Gasteiger charge is -2.29. The fourth-order valence-corrected chi connectivity index (χ4v) is 4.56. The molecule has 134 valence electrons. The van der Waals surface area contributed by atoms with Crippen LogP contribution in [0.1, 0.15) is 42.1 Å². The van der Waals surface area contributed by atoms with Crippen molar-refractivity contribution < 1.29 is 9.18 Å². The van der Waals surface area contributed by atoms with E-state index in [0.29, 0.717) is 0 Å². The van der Waals surface area contributed by atoms with Crippen LogP contribution in [0.3, 0.4) is 0 Å². The second-order valence-corrected chi connectivity index (χ2v) is 7.88.